The third kappa shape index (κ3) is 2.62. The summed E-state index contributed by atoms with van der Waals surface area (Å²) in [4.78, 5) is 16.5. The van der Waals surface area contributed by atoms with E-state index in [-0.39, 0.29) is 5.91 Å². The Hall–Kier alpha value is -1.88. The number of nitrogens with one attached hydrogen (secondary N) is 1. The Bertz CT molecular complexity index is 563. The molecule has 1 aromatic carbocycles. The zero-order chi connectivity index (χ0) is 12.4. The zero-order valence-electron chi connectivity index (χ0n) is 9.65. The van der Waals surface area contributed by atoms with Crippen LogP contribution in [-0.2, 0) is 0 Å². The number of amides is 1. The van der Waals surface area contributed by atoms with Gasteiger partial charge >= 0.3 is 0 Å². The molecular formula is C12H13N3OS. The van der Waals surface area contributed by atoms with Gasteiger partial charge in [0.2, 0.25) is 0 Å². The first-order valence-electron chi connectivity index (χ1n) is 5.17. The van der Waals surface area contributed by atoms with Crippen LogP contribution in [0.4, 0.5) is 10.8 Å². The van der Waals surface area contributed by atoms with Gasteiger partial charge < -0.3 is 11.1 Å². The Morgan fingerprint density at radius 1 is 1.41 bits per heavy atom. The SMILES string of the molecule is Cc1cccc(NC(=O)c2sc(N)nc2C)c1. The van der Waals surface area contributed by atoms with Crippen molar-refractivity contribution in [1.82, 2.24) is 4.98 Å². The van der Waals surface area contributed by atoms with Crippen LogP contribution in [0.3, 0.4) is 0 Å². The molecule has 0 saturated carbocycles. The number of aromatic nitrogens is 1. The number of aryl methyl sites for hydroxylation is 2. The Kier molecular flexibility index (Phi) is 3.10. The van der Waals surface area contributed by atoms with Gasteiger partial charge in [-0.25, -0.2) is 4.98 Å². The number of rotatable bonds is 2. The standard InChI is InChI=1S/C12H13N3OS/c1-7-4-3-5-9(6-7)15-11(16)10-8(2)14-12(13)17-10/h3-6H,1-2H3,(H2,13,14)(H,15,16). The number of nitrogen functional groups attached to an aromatic ring is 1. The molecule has 4 nitrogen and oxygen atoms in total. The van der Waals surface area contributed by atoms with Crippen molar-refractivity contribution >= 4 is 28.1 Å². The largest absolute Gasteiger partial charge is 0.375 e. The fourth-order valence-corrected chi connectivity index (χ4v) is 2.27. The summed E-state index contributed by atoms with van der Waals surface area (Å²) in [6.07, 6.45) is 0. The van der Waals surface area contributed by atoms with Crippen LogP contribution in [-0.4, -0.2) is 10.9 Å². The lowest BCUT2D eigenvalue weighted by molar-refractivity contribution is 0.103. The van der Waals surface area contributed by atoms with Gasteiger partial charge in [-0.3, -0.25) is 4.79 Å². The molecule has 1 heterocycles. The quantitative estimate of drug-likeness (QED) is 0.857. The molecule has 1 amide bonds. The summed E-state index contributed by atoms with van der Waals surface area (Å²) < 4.78 is 0. The lowest BCUT2D eigenvalue weighted by Gasteiger charge is -2.04. The van der Waals surface area contributed by atoms with E-state index in [1.165, 1.54) is 11.3 Å². The highest BCUT2D eigenvalue weighted by atomic mass is 32.1. The highest BCUT2D eigenvalue weighted by molar-refractivity contribution is 7.17. The molecule has 17 heavy (non-hydrogen) atoms. The number of hydrogen-bond acceptors (Lipinski definition) is 4. The van der Waals surface area contributed by atoms with E-state index in [1.54, 1.807) is 6.92 Å². The van der Waals surface area contributed by atoms with Crippen LogP contribution >= 0.6 is 11.3 Å². The number of carbonyl (C=O) groups is 1. The average Bonchev–Trinajstić information content (AvgIpc) is 2.58. The summed E-state index contributed by atoms with van der Waals surface area (Å²) in [5.41, 5.74) is 8.11. The molecule has 3 N–H and O–H groups in total. The summed E-state index contributed by atoms with van der Waals surface area (Å²) in [5.74, 6) is -0.165. The van der Waals surface area contributed by atoms with E-state index >= 15 is 0 Å². The van der Waals surface area contributed by atoms with Gasteiger partial charge in [-0.15, -0.1) is 0 Å². The van der Waals surface area contributed by atoms with Crippen LogP contribution in [0.15, 0.2) is 24.3 Å². The molecule has 2 aromatic rings. The maximum Gasteiger partial charge on any atom is 0.267 e. The minimum atomic E-state index is -0.165. The summed E-state index contributed by atoms with van der Waals surface area (Å²) in [6, 6.07) is 7.65. The van der Waals surface area contributed by atoms with Gasteiger partial charge in [0.1, 0.15) is 4.88 Å². The highest BCUT2D eigenvalue weighted by Gasteiger charge is 2.14. The van der Waals surface area contributed by atoms with Gasteiger partial charge in [0.05, 0.1) is 5.69 Å². The van der Waals surface area contributed by atoms with Crippen molar-refractivity contribution in [2.45, 2.75) is 13.8 Å². The average molecular weight is 247 g/mol. The van der Waals surface area contributed by atoms with Crippen molar-refractivity contribution in [3.8, 4) is 0 Å². The first kappa shape index (κ1) is 11.6. The Morgan fingerprint density at radius 3 is 2.76 bits per heavy atom. The van der Waals surface area contributed by atoms with Crippen molar-refractivity contribution < 1.29 is 4.79 Å². The Balaban J connectivity index is 2.20. The maximum absolute atomic E-state index is 12.0. The van der Waals surface area contributed by atoms with Crippen molar-refractivity contribution in [3.05, 3.63) is 40.4 Å². The smallest absolute Gasteiger partial charge is 0.267 e. The van der Waals surface area contributed by atoms with Crippen LogP contribution in [0.25, 0.3) is 0 Å². The van der Waals surface area contributed by atoms with Crippen molar-refractivity contribution in [2.24, 2.45) is 0 Å². The number of carbonyl (C=O) groups excluding carboxylic acids is 1. The van der Waals surface area contributed by atoms with E-state index < -0.39 is 0 Å². The van der Waals surface area contributed by atoms with Crippen molar-refractivity contribution in [3.63, 3.8) is 0 Å². The molecule has 1 aromatic heterocycles. The summed E-state index contributed by atoms with van der Waals surface area (Å²) >= 11 is 1.20. The molecule has 0 aliphatic rings. The number of nitrogens with zero attached hydrogens (tertiary/aromatic N) is 1. The van der Waals surface area contributed by atoms with E-state index in [0.717, 1.165) is 11.3 Å². The lowest BCUT2D eigenvalue weighted by Crippen LogP contribution is -2.11. The third-order valence-corrected chi connectivity index (χ3v) is 3.28. The third-order valence-electron chi connectivity index (χ3n) is 2.30. The van der Waals surface area contributed by atoms with Crippen LogP contribution in [0.5, 0.6) is 0 Å². The predicted molar refractivity (Wildman–Crippen MR) is 70.4 cm³/mol. The van der Waals surface area contributed by atoms with E-state index in [0.29, 0.717) is 15.7 Å². The second kappa shape index (κ2) is 4.55. The van der Waals surface area contributed by atoms with E-state index in [2.05, 4.69) is 10.3 Å². The summed E-state index contributed by atoms with van der Waals surface area (Å²) in [7, 11) is 0. The molecular weight excluding hydrogens is 234 g/mol. The van der Waals surface area contributed by atoms with Gasteiger partial charge in [-0.05, 0) is 31.5 Å². The van der Waals surface area contributed by atoms with Crippen molar-refractivity contribution in [1.29, 1.82) is 0 Å². The van der Waals surface area contributed by atoms with Gasteiger partial charge in [0.25, 0.3) is 5.91 Å². The molecule has 0 spiro atoms. The molecule has 0 aliphatic heterocycles. The Morgan fingerprint density at radius 2 is 2.18 bits per heavy atom. The zero-order valence-corrected chi connectivity index (χ0v) is 10.5. The summed E-state index contributed by atoms with van der Waals surface area (Å²) in [6.45, 7) is 3.75. The van der Waals surface area contributed by atoms with Gasteiger partial charge in [-0.1, -0.05) is 23.5 Å². The molecule has 2 rings (SSSR count). The number of thiazole rings is 1. The number of nitrogens with two attached hydrogens (primary N) is 1. The molecule has 0 bridgehead atoms. The molecule has 0 radical (unpaired) electrons. The van der Waals surface area contributed by atoms with Gasteiger partial charge in [0.15, 0.2) is 5.13 Å². The molecule has 0 saturated heterocycles. The molecule has 88 valence electrons. The molecule has 0 atom stereocenters. The molecule has 5 heteroatoms. The van der Waals surface area contributed by atoms with Crippen LogP contribution in [0, 0.1) is 13.8 Å². The lowest BCUT2D eigenvalue weighted by atomic mass is 10.2. The summed E-state index contributed by atoms with van der Waals surface area (Å²) in [5, 5.41) is 3.24. The second-order valence-electron chi connectivity index (χ2n) is 3.79. The first-order valence-corrected chi connectivity index (χ1v) is 5.99. The monoisotopic (exact) mass is 247 g/mol. The van der Waals surface area contributed by atoms with Crippen LogP contribution in [0.1, 0.15) is 20.9 Å². The van der Waals surface area contributed by atoms with Crippen molar-refractivity contribution in [2.75, 3.05) is 11.1 Å². The normalized spacial score (nSPS) is 10.2. The van der Waals surface area contributed by atoms with E-state index in [9.17, 15) is 4.79 Å². The topological polar surface area (TPSA) is 68.0 Å². The highest BCUT2D eigenvalue weighted by Crippen LogP contribution is 2.21. The molecule has 0 unspecified atom stereocenters. The van der Waals surface area contributed by atoms with Crippen LogP contribution in [0.2, 0.25) is 0 Å². The second-order valence-corrected chi connectivity index (χ2v) is 4.82. The maximum atomic E-state index is 12.0. The fraction of sp³-hybridized carbons (Fsp3) is 0.167. The fourth-order valence-electron chi connectivity index (χ4n) is 1.54. The predicted octanol–water partition coefficient (Wildman–Crippen LogP) is 2.59. The Labute approximate surface area is 103 Å². The van der Waals surface area contributed by atoms with Crippen LogP contribution < -0.4 is 11.1 Å². The van der Waals surface area contributed by atoms with E-state index in [4.69, 9.17) is 5.73 Å². The van der Waals surface area contributed by atoms with Gasteiger partial charge in [0, 0.05) is 5.69 Å². The number of benzene rings is 1. The molecule has 0 fully saturated rings. The first-order chi connectivity index (χ1) is 8.06. The van der Waals surface area contributed by atoms with E-state index in [1.807, 2.05) is 31.2 Å². The number of anilines is 2. The minimum Gasteiger partial charge on any atom is -0.375 e. The molecule has 0 aliphatic carbocycles. The van der Waals surface area contributed by atoms with Gasteiger partial charge in [-0.2, -0.15) is 0 Å². The number of hydrogen-bond donors (Lipinski definition) is 2. The minimum absolute atomic E-state index is 0.165.